The highest BCUT2D eigenvalue weighted by Crippen LogP contribution is 2.39. The van der Waals surface area contributed by atoms with E-state index in [1.54, 1.807) is 12.1 Å². The van der Waals surface area contributed by atoms with E-state index in [1.807, 2.05) is 19.1 Å². The van der Waals surface area contributed by atoms with Crippen LogP contribution in [0.2, 0.25) is 0 Å². The Morgan fingerprint density at radius 3 is 2.12 bits per heavy atom. The monoisotopic (exact) mass is 382 g/mol. The average Bonchev–Trinajstić information content (AvgIpc) is 3.00. The number of rotatable bonds is 3. The molecule has 1 aliphatic rings. The first-order chi connectivity index (χ1) is 12.1. The van der Waals surface area contributed by atoms with Gasteiger partial charge in [0.15, 0.2) is 9.84 Å². The summed E-state index contributed by atoms with van der Waals surface area (Å²) < 4.78 is 62.7. The van der Waals surface area contributed by atoms with Crippen molar-refractivity contribution in [3.05, 3.63) is 59.7 Å². The van der Waals surface area contributed by atoms with Crippen LogP contribution in [-0.2, 0) is 9.84 Å². The fourth-order valence-corrected chi connectivity index (χ4v) is 3.44. The molecule has 1 unspecified atom stereocenters. The predicted octanol–water partition coefficient (Wildman–Crippen LogP) is 4.27. The van der Waals surface area contributed by atoms with Crippen LogP contribution in [0.25, 0.3) is 0 Å². The molecule has 0 radical (unpaired) electrons. The number of alkyl halides is 3. The van der Waals surface area contributed by atoms with Gasteiger partial charge in [0.05, 0.1) is 16.6 Å². The molecule has 0 amide bonds. The summed E-state index contributed by atoms with van der Waals surface area (Å²) in [5, 5.41) is 5.08. The standard InChI is InChI=1S/C18H17F3N2O2S/c1-12-3-5-13(6-4-12)16-11-17(18(19,20)21)22-23(16)14-7-9-15(10-8-14)26(2,24)25/h3-10,16H,11H2,1-2H3. The second-order valence-corrected chi connectivity index (χ2v) is 8.30. The lowest BCUT2D eigenvalue weighted by Crippen LogP contribution is -2.21. The highest BCUT2D eigenvalue weighted by atomic mass is 32.2. The summed E-state index contributed by atoms with van der Waals surface area (Å²) in [5.74, 6) is 0. The molecule has 0 bridgehead atoms. The number of benzene rings is 2. The lowest BCUT2D eigenvalue weighted by Gasteiger charge is -2.24. The Kier molecular flexibility index (Phi) is 4.56. The minimum atomic E-state index is -4.51. The van der Waals surface area contributed by atoms with Crippen molar-refractivity contribution in [1.82, 2.24) is 0 Å². The molecule has 1 heterocycles. The molecule has 0 aromatic heterocycles. The number of hydrogen-bond acceptors (Lipinski definition) is 4. The van der Waals surface area contributed by atoms with Crippen molar-refractivity contribution in [2.75, 3.05) is 11.3 Å². The molecular weight excluding hydrogens is 365 g/mol. The van der Waals surface area contributed by atoms with E-state index < -0.39 is 27.8 Å². The van der Waals surface area contributed by atoms with E-state index >= 15 is 0 Å². The maximum absolute atomic E-state index is 13.2. The number of anilines is 1. The summed E-state index contributed by atoms with van der Waals surface area (Å²) in [6, 6.07) is 12.3. The molecule has 2 aromatic rings. The van der Waals surface area contributed by atoms with Gasteiger partial charge in [-0.3, -0.25) is 5.01 Å². The molecule has 3 rings (SSSR count). The lowest BCUT2D eigenvalue weighted by atomic mass is 10.00. The van der Waals surface area contributed by atoms with E-state index in [4.69, 9.17) is 0 Å². The Bertz CT molecular complexity index is 934. The van der Waals surface area contributed by atoms with Gasteiger partial charge in [0.25, 0.3) is 0 Å². The zero-order valence-corrected chi connectivity index (χ0v) is 15.0. The van der Waals surface area contributed by atoms with Gasteiger partial charge in [0.1, 0.15) is 5.71 Å². The second-order valence-electron chi connectivity index (χ2n) is 6.29. The number of halogens is 3. The third-order valence-electron chi connectivity index (χ3n) is 4.23. The summed E-state index contributed by atoms with van der Waals surface area (Å²) >= 11 is 0. The van der Waals surface area contributed by atoms with E-state index in [-0.39, 0.29) is 11.3 Å². The highest BCUT2D eigenvalue weighted by molar-refractivity contribution is 7.90. The Balaban J connectivity index is 2.01. The van der Waals surface area contributed by atoms with Gasteiger partial charge in [-0.1, -0.05) is 29.8 Å². The maximum atomic E-state index is 13.2. The zero-order chi connectivity index (χ0) is 19.1. The van der Waals surface area contributed by atoms with Crippen LogP contribution in [0, 0.1) is 6.92 Å². The van der Waals surface area contributed by atoms with Gasteiger partial charge in [-0.05, 0) is 36.8 Å². The Morgan fingerprint density at radius 2 is 1.62 bits per heavy atom. The first-order valence-corrected chi connectivity index (χ1v) is 9.75. The molecule has 0 fully saturated rings. The molecular formula is C18H17F3N2O2S. The minimum absolute atomic E-state index is 0.104. The molecule has 8 heteroatoms. The van der Waals surface area contributed by atoms with E-state index in [0.29, 0.717) is 11.3 Å². The van der Waals surface area contributed by atoms with Crippen molar-refractivity contribution in [3.63, 3.8) is 0 Å². The zero-order valence-electron chi connectivity index (χ0n) is 14.2. The van der Waals surface area contributed by atoms with E-state index in [9.17, 15) is 21.6 Å². The van der Waals surface area contributed by atoms with Crippen molar-refractivity contribution in [2.24, 2.45) is 5.10 Å². The summed E-state index contributed by atoms with van der Waals surface area (Å²) in [5.41, 5.74) is 1.27. The number of aryl methyl sites for hydroxylation is 1. The number of hydrogen-bond donors (Lipinski definition) is 0. The van der Waals surface area contributed by atoms with Crippen molar-refractivity contribution in [3.8, 4) is 0 Å². The first-order valence-electron chi connectivity index (χ1n) is 7.86. The van der Waals surface area contributed by atoms with Crippen LogP contribution < -0.4 is 5.01 Å². The molecule has 0 saturated heterocycles. The van der Waals surface area contributed by atoms with Crippen LogP contribution in [0.5, 0.6) is 0 Å². The normalized spacial score (nSPS) is 18.1. The van der Waals surface area contributed by atoms with Gasteiger partial charge in [-0.25, -0.2) is 8.42 Å². The lowest BCUT2D eigenvalue weighted by molar-refractivity contribution is -0.0600. The molecule has 1 atom stereocenters. The predicted molar refractivity (Wildman–Crippen MR) is 94.1 cm³/mol. The van der Waals surface area contributed by atoms with Gasteiger partial charge in [0.2, 0.25) is 0 Å². The largest absolute Gasteiger partial charge is 0.431 e. The van der Waals surface area contributed by atoms with Crippen LogP contribution in [0.15, 0.2) is 58.5 Å². The molecule has 138 valence electrons. The van der Waals surface area contributed by atoms with E-state index in [0.717, 1.165) is 11.8 Å². The summed E-state index contributed by atoms with van der Waals surface area (Å²) in [4.78, 5) is 0.104. The average molecular weight is 382 g/mol. The van der Waals surface area contributed by atoms with Crippen molar-refractivity contribution in [1.29, 1.82) is 0 Å². The van der Waals surface area contributed by atoms with Crippen LogP contribution in [-0.4, -0.2) is 26.6 Å². The van der Waals surface area contributed by atoms with Crippen LogP contribution >= 0.6 is 0 Å². The number of nitrogens with zero attached hydrogens (tertiary/aromatic N) is 2. The smallest absolute Gasteiger partial charge is 0.257 e. The number of sulfone groups is 1. The van der Waals surface area contributed by atoms with Crippen molar-refractivity contribution < 1.29 is 21.6 Å². The second kappa shape index (κ2) is 6.42. The molecule has 1 aliphatic heterocycles. The Morgan fingerprint density at radius 1 is 1.04 bits per heavy atom. The Labute approximate surface area is 149 Å². The molecule has 4 nitrogen and oxygen atoms in total. The van der Waals surface area contributed by atoms with Gasteiger partial charge >= 0.3 is 6.18 Å². The first kappa shape index (κ1) is 18.4. The van der Waals surface area contributed by atoms with Gasteiger partial charge < -0.3 is 0 Å². The van der Waals surface area contributed by atoms with Gasteiger partial charge in [-0.2, -0.15) is 18.3 Å². The third-order valence-corrected chi connectivity index (χ3v) is 5.36. The van der Waals surface area contributed by atoms with Crippen LogP contribution in [0.3, 0.4) is 0 Å². The van der Waals surface area contributed by atoms with E-state index in [1.165, 1.54) is 29.3 Å². The molecule has 0 saturated carbocycles. The Hall–Kier alpha value is -2.35. The summed E-state index contributed by atoms with van der Waals surface area (Å²) in [6.45, 7) is 1.90. The molecule has 2 aromatic carbocycles. The highest BCUT2D eigenvalue weighted by Gasteiger charge is 2.43. The summed E-state index contributed by atoms with van der Waals surface area (Å²) in [7, 11) is -3.38. The van der Waals surface area contributed by atoms with E-state index in [2.05, 4.69) is 5.10 Å². The third kappa shape index (κ3) is 3.75. The minimum Gasteiger partial charge on any atom is -0.257 e. The van der Waals surface area contributed by atoms with Crippen LogP contribution in [0.1, 0.15) is 23.6 Å². The van der Waals surface area contributed by atoms with Crippen molar-refractivity contribution in [2.45, 2.75) is 30.5 Å². The van der Waals surface area contributed by atoms with Gasteiger partial charge in [0, 0.05) is 12.7 Å². The topological polar surface area (TPSA) is 49.7 Å². The van der Waals surface area contributed by atoms with Gasteiger partial charge in [-0.15, -0.1) is 0 Å². The fraction of sp³-hybridized carbons (Fsp3) is 0.278. The summed E-state index contributed by atoms with van der Waals surface area (Å²) in [6.07, 6.45) is -3.70. The maximum Gasteiger partial charge on any atom is 0.431 e. The molecule has 0 N–H and O–H groups in total. The quantitative estimate of drug-likeness (QED) is 0.797. The fourth-order valence-electron chi connectivity index (χ4n) is 2.81. The van der Waals surface area contributed by atoms with Crippen LogP contribution in [0.4, 0.5) is 18.9 Å². The number of hydrazone groups is 1. The van der Waals surface area contributed by atoms with Crippen molar-refractivity contribution >= 4 is 21.2 Å². The SMILES string of the molecule is Cc1ccc(C2CC(C(F)(F)F)=NN2c2ccc(S(C)(=O)=O)cc2)cc1. The molecule has 0 aliphatic carbocycles. The molecule has 0 spiro atoms. The molecule has 26 heavy (non-hydrogen) atoms.